The van der Waals surface area contributed by atoms with Crippen molar-refractivity contribution in [3.8, 4) is 0 Å². The summed E-state index contributed by atoms with van der Waals surface area (Å²) in [5, 5.41) is 2.16. The van der Waals surface area contributed by atoms with E-state index in [-0.39, 0.29) is 5.78 Å². The molecule has 0 spiro atoms. The molecular formula is C21H16O3. The number of benzene rings is 3. The summed E-state index contributed by atoms with van der Waals surface area (Å²) in [5.41, 5.74) is 3.89. The Balaban J connectivity index is 1.91. The number of hydrogen-bond acceptors (Lipinski definition) is 3. The largest absolute Gasteiger partial charge is 0.465 e. The molecule has 0 aliphatic heterocycles. The van der Waals surface area contributed by atoms with Gasteiger partial charge in [0.2, 0.25) is 0 Å². The van der Waals surface area contributed by atoms with Crippen molar-refractivity contribution in [3.63, 3.8) is 0 Å². The van der Waals surface area contributed by atoms with Gasteiger partial charge in [-0.3, -0.25) is 4.79 Å². The van der Waals surface area contributed by atoms with E-state index in [1.165, 1.54) is 23.6 Å². The summed E-state index contributed by atoms with van der Waals surface area (Å²) in [5.74, 6) is -0.642. The zero-order valence-corrected chi connectivity index (χ0v) is 13.3. The van der Waals surface area contributed by atoms with Gasteiger partial charge in [-0.25, -0.2) is 4.79 Å². The average Bonchev–Trinajstić information content (AvgIpc) is 3.06. The van der Waals surface area contributed by atoms with Crippen LogP contribution in [0.3, 0.4) is 0 Å². The molecule has 0 N–H and O–H groups in total. The molecule has 24 heavy (non-hydrogen) atoms. The Hall–Kier alpha value is -2.94. The van der Waals surface area contributed by atoms with Gasteiger partial charge in [-0.2, -0.15) is 0 Å². The van der Waals surface area contributed by atoms with E-state index in [2.05, 4.69) is 6.07 Å². The molecule has 0 amide bonds. The van der Waals surface area contributed by atoms with E-state index in [9.17, 15) is 9.59 Å². The maximum Gasteiger partial charge on any atom is 0.338 e. The van der Waals surface area contributed by atoms with Crippen LogP contribution in [-0.4, -0.2) is 18.9 Å². The van der Waals surface area contributed by atoms with E-state index < -0.39 is 5.97 Å². The molecule has 0 saturated heterocycles. The molecule has 0 unspecified atom stereocenters. The second kappa shape index (κ2) is 5.60. The minimum Gasteiger partial charge on any atom is -0.465 e. The molecule has 0 radical (unpaired) electrons. The van der Waals surface area contributed by atoms with Crippen LogP contribution in [0.1, 0.15) is 37.4 Å². The Morgan fingerprint density at radius 1 is 0.792 bits per heavy atom. The van der Waals surface area contributed by atoms with Gasteiger partial charge in [0, 0.05) is 11.1 Å². The lowest BCUT2D eigenvalue weighted by Gasteiger charge is -2.10. The van der Waals surface area contributed by atoms with Crippen LogP contribution < -0.4 is 0 Å². The predicted molar refractivity (Wildman–Crippen MR) is 92.6 cm³/mol. The third-order valence-electron chi connectivity index (χ3n) is 4.70. The molecule has 0 atom stereocenters. The van der Waals surface area contributed by atoms with E-state index in [4.69, 9.17) is 4.74 Å². The molecule has 4 rings (SSSR count). The first-order chi connectivity index (χ1) is 11.7. The molecule has 1 aliphatic carbocycles. The Labute approximate surface area is 139 Å². The number of hydrogen-bond donors (Lipinski definition) is 0. The van der Waals surface area contributed by atoms with Gasteiger partial charge in [0.1, 0.15) is 0 Å². The van der Waals surface area contributed by atoms with Crippen LogP contribution in [0.25, 0.3) is 10.8 Å². The number of ether oxygens (including phenoxy) is 1. The molecule has 0 fully saturated rings. The maximum atomic E-state index is 13.1. The normalized spacial score (nSPS) is 12.4. The minimum atomic E-state index is -0.495. The minimum absolute atomic E-state index is 0.147. The fourth-order valence-electron chi connectivity index (χ4n) is 3.56. The number of carbonyl (C=O) groups is 2. The van der Waals surface area contributed by atoms with Crippen LogP contribution in [0.15, 0.2) is 54.6 Å². The number of ketones is 1. The lowest BCUT2D eigenvalue weighted by molar-refractivity contribution is 0.0597. The summed E-state index contributed by atoms with van der Waals surface area (Å²) in [7, 11) is 1.32. The van der Waals surface area contributed by atoms with Crippen molar-refractivity contribution < 1.29 is 14.3 Å². The van der Waals surface area contributed by atoms with Gasteiger partial charge in [-0.1, -0.05) is 48.5 Å². The topological polar surface area (TPSA) is 43.4 Å². The Morgan fingerprint density at radius 2 is 1.50 bits per heavy atom. The summed E-state index contributed by atoms with van der Waals surface area (Å²) in [6.07, 6.45) is 2.03. The number of carbonyl (C=O) groups excluding carboxylic acids is 2. The highest BCUT2D eigenvalue weighted by Crippen LogP contribution is 2.33. The number of methoxy groups -OCH3 is 1. The molecule has 3 aromatic carbocycles. The molecular weight excluding hydrogens is 300 g/mol. The number of aryl methyl sites for hydroxylation is 2. The monoisotopic (exact) mass is 316 g/mol. The van der Waals surface area contributed by atoms with Crippen molar-refractivity contribution in [3.05, 3.63) is 82.4 Å². The molecule has 1 aliphatic rings. The van der Waals surface area contributed by atoms with Crippen molar-refractivity contribution in [2.75, 3.05) is 7.11 Å². The van der Waals surface area contributed by atoms with Gasteiger partial charge in [-0.15, -0.1) is 0 Å². The molecule has 0 heterocycles. The Kier molecular flexibility index (Phi) is 3.42. The first-order valence-electron chi connectivity index (χ1n) is 7.96. The zero-order chi connectivity index (χ0) is 16.7. The van der Waals surface area contributed by atoms with Crippen molar-refractivity contribution >= 4 is 22.5 Å². The summed E-state index contributed by atoms with van der Waals surface area (Å²) >= 11 is 0. The van der Waals surface area contributed by atoms with Crippen LogP contribution in [0.4, 0.5) is 0 Å². The zero-order valence-electron chi connectivity index (χ0n) is 13.3. The molecule has 0 aromatic heterocycles. The highest BCUT2D eigenvalue weighted by atomic mass is 16.5. The van der Waals surface area contributed by atoms with Gasteiger partial charge in [0.05, 0.1) is 12.7 Å². The van der Waals surface area contributed by atoms with Crippen molar-refractivity contribution in [2.24, 2.45) is 0 Å². The molecule has 0 bridgehead atoms. The van der Waals surface area contributed by atoms with Crippen molar-refractivity contribution in [1.29, 1.82) is 0 Å². The standard InChI is InChI=1S/C21H16O3/c1-24-21(23)18-7-3-2-6-16(18)20(22)17-12-11-14-10-9-13-5-4-8-15(17)19(13)14/h2-8,11-12H,9-10H2,1H3. The van der Waals surface area contributed by atoms with Crippen LogP contribution in [0.2, 0.25) is 0 Å². The lowest BCUT2D eigenvalue weighted by atomic mass is 9.92. The third-order valence-corrected chi connectivity index (χ3v) is 4.70. The highest BCUT2D eigenvalue weighted by molar-refractivity contribution is 6.20. The Morgan fingerprint density at radius 3 is 2.25 bits per heavy atom. The molecule has 3 aromatic rings. The fourth-order valence-corrected chi connectivity index (χ4v) is 3.56. The van der Waals surface area contributed by atoms with Gasteiger partial charge < -0.3 is 4.74 Å². The average molecular weight is 316 g/mol. The van der Waals surface area contributed by atoms with Crippen molar-refractivity contribution in [1.82, 2.24) is 0 Å². The summed E-state index contributed by atoms with van der Waals surface area (Å²) < 4.78 is 4.81. The summed E-state index contributed by atoms with van der Waals surface area (Å²) in [6.45, 7) is 0. The first-order valence-corrected chi connectivity index (χ1v) is 7.96. The van der Waals surface area contributed by atoms with Crippen LogP contribution in [0.5, 0.6) is 0 Å². The third kappa shape index (κ3) is 2.13. The van der Waals surface area contributed by atoms with Gasteiger partial charge in [-0.05, 0) is 40.8 Å². The van der Waals surface area contributed by atoms with E-state index in [0.717, 1.165) is 18.2 Å². The predicted octanol–water partition coefficient (Wildman–Crippen LogP) is 3.96. The number of rotatable bonds is 3. The van der Waals surface area contributed by atoms with E-state index >= 15 is 0 Å². The van der Waals surface area contributed by atoms with E-state index in [1.807, 2.05) is 24.3 Å². The highest BCUT2D eigenvalue weighted by Gasteiger charge is 2.22. The Bertz CT molecular complexity index is 975. The molecule has 0 saturated carbocycles. The van der Waals surface area contributed by atoms with Crippen LogP contribution >= 0.6 is 0 Å². The molecule has 118 valence electrons. The van der Waals surface area contributed by atoms with Gasteiger partial charge in [0.15, 0.2) is 5.78 Å². The fraction of sp³-hybridized carbons (Fsp3) is 0.143. The first kappa shape index (κ1) is 14.6. The second-order valence-electron chi connectivity index (χ2n) is 5.98. The molecule has 3 heteroatoms. The van der Waals surface area contributed by atoms with Gasteiger partial charge in [0.25, 0.3) is 0 Å². The quantitative estimate of drug-likeness (QED) is 0.543. The number of esters is 1. The van der Waals surface area contributed by atoms with E-state index in [1.54, 1.807) is 24.3 Å². The van der Waals surface area contributed by atoms with Crippen LogP contribution in [-0.2, 0) is 17.6 Å². The van der Waals surface area contributed by atoms with Crippen molar-refractivity contribution in [2.45, 2.75) is 12.8 Å². The maximum absolute atomic E-state index is 13.1. The lowest BCUT2D eigenvalue weighted by Crippen LogP contribution is -2.11. The summed E-state index contributed by atoms with van der Waals surface area (Å²) in [4.78, 5) is 25.1. The SMILES string of the molecule is COC(=O)c1ccccc1C(=O)c1ccc2c3c(cccc13)CC2. The molecule has 3 nitrogen and oxygen atoms in total. The summed E-state index contributed by atoms with van der Waals surface area (Å²) in [6, 6.07) is 16.8. The van der Waals surface area contributed by atoms with Crippen LogP contribution in [0, 0.1) is 0 Å². The second-order valence-corrected chi connectivity index (χ2v) is 5.98. The smallest absolute Gasteiger partial charge is 0.338 e. The van der Waals surface area contributed by atoms with E-state index in [0.29, 0.717) is 16.7 Å². The van der Waals surface area contributed by atoms with Gasteiger partial charge >= 0.3 is 5.97 Å².